The molecule has 0 unspecified atom stereocenters. The number of aryl methyl sites for hydroxylation is 2. The number of rotatable bonds is 14. The summed E-state index contributed by atoms with van der Waals surface area (Å²) in [6, 6.07) is 20.0. The Kier molecular flexibility index (Phi) is 10.7. The number of hydrogen-bond acceptors (Lipinski definition) is 9. The van der Waals surface area contributed by atoms with Crippen LogP contribution in [0, 0.1) is 6.92 Å². The number of amides is 3. The molecule has 0 bridgehead atoms. The fraction of sp³-hybridized carbons (Fsp3) is 0.324. The maximum Gasteiger partial charge on any atom is 0.333 e. The molecule has 0 radical (unpaired) electrons. The molecule has 1 saturated heterocycles. The molecule has 4 aromatic rings. The van der Waals surface area contributed by atoms with Crippen molar-refractivity contribution in [1.29, 1.82) is 0 Å². The lowest BCUT2D eigenvalue weighted by atomic mass is 10.0. The molecule has 5 rings (SSSR count). The van der Waals surface area contributed by atoms with Crippen LogP contribution in [0.5, 0.6) is 0 Å². The number of para-hydroxylation sites is 2. The van der Waals surface area contributed by atoms with Gasteiger partial charge in [-0.3, -0.25) is 18.9 Å². The average Bonchev–Trinajstić information content (AvgIpc) is 3.37. The van der Waals surface area contributed by atoms with Crippen molar-refractivity contribution in [2.24, 2.45) is 0 Å². The predicted molar refractivity (Wildman–Crippen MR) is 178 cm³/mol. The van der Waals surface area contributed by atoms with Gasteiger partial charge in [-0.25, -0.2) is 17.5 Å². The summed E-state index contributed by atoms with van der Waals surface area (Å²) >= 11 is 0. The number of sulfonamides is 1. The zero-order valence-corrected chi connectivity index (χ0v) is 28.4. The number of carbonyl (C=O) groups excluding carboxylic acids is 4. The van der Waals surface area contributed by atoms with E-state index in [1.54, 1.807) is 60.7 Å². The van der Waals surface area contributed by atoms with Crippen molar-refractivity contribution in [3.8, 4) is 0 Å². The van der Waals surface area contributed by atoms with Crippen LogP contribution in [-0.4, -0.2) is 66.7 Å². The molecule has 0 atom stereocenters. The molecule has 0 spiro atoms. The van der Waals surface area contributed by atoms with Crippen LogP contribution in [0.25, 0.3) is 21.8 Å². The minimum atomic E-state index is -4.37. The summed E-state index contributed by atoms with van der Waals surface area (Å²) in [6.45, 7) is 1.80. The Balaban J connectivity index is 1.46. The van der Waals surface area contributed by atoms with Crippen molar-refractivity contribution >= 4 is 65.6 Å². The van der Waals surface area contributed by atoms with Crippen molar-refractivity contribution in [3.63, 3.8) is 0 Å². The van der Waals surface area contributed by atoms with E-state index in [0.29, 0.717) is 33.3 Å². The van der Waals surface area contributed by atoms with Crippen LogP contribution in [0.3, 0.4) is 0 Å². The smallest absolute Gasteiger partial charge is 0.330 e. The highest BCUT2D eigenvalue weighted by atomic mass is 32.2. The second kappa shape index (κ2) is 14.8. The maximum atomic E-state index is 14.6. The summed E-state index contributed by atoms with van der Waals surface area (Å²) in [4.78, 5) is 55.2. The van der Waals surface area contributed by atoms with E-state index >= 15 is 0 Å². The monoisotopic (exact) mass is 710 g/mol. The summed E-state index contributed by atoms with van der Waals surface area (Å²) in [5.74, 6) is -3.16. The Bertz CT molecular complexity index is 2080. The maximum absolute atomic E-state index is 14.6. The van der Waals surface area contributed by atoms with Gasteiger partial charge in [0.2, 0.25) is 11.0 Å². The summed E-state index contributed by atoms with van der Waals surface area (Å²) in [5.41, 5.74) is 2.12. The average molecular weight is 711 g/mol. The molecule has 258 valence electrons. The van der Waals surface area contributed by atoms with E-state index in [-0.39, 0.29) is 62.1 Å². The minimum absolute atomic E-state index is 0.0224. The van der Waals surface area contributed by atoms with Crippen LogP contribution in [0.4, 0.5) is 0 Å². The number of nitrogens with zero attached hydrogens (tertiary/aromatic N) is 3. The standard InChI is InChI=1S/C34H35N3O10S2/c1-24-15-17-25(18-16-24)49(45,46)36(22-8-2-3-14-32(40)47-37-30(38)19-20-31(37)39)34(41)33-26-10-4-6-12-28(26)35(21-9-23-48(42,43)44)29-13-7-5-11-27(29)33/h4-7,10-13,15-18H,2-3,8-9,14,19-23H2,1H3/p+1. The summed E-state index contributed by atoms with van der Waals surface area (Å²) < 4.78 is 63.1. The van der Waals surface area contributed by atoms with E-state index in [1.807, 2.05) is 11.5 Å². The van der Waals surface area contributed by atoms with Crippen molar-refractivity contribution in [1.82, 2.24) is 9.37 Å². The number of carbonyl (C=O) groups is 4. The highest BCUT2D eigenvalue weighted by molar-refractivity contribution is 7.89. The van der Waals surface area contributed by atoms with E-state index in [0.717, 1.165) is 9.87 Å². The van der Waals surface area contributed by atoms with Crippen molar-refractivity contribution in [3.05, 3.63) is 83.9 Å². The Morgan fingerprint density at radius 2 is 1.39 bits per heavy atom. The molecule has 2 heterocycles. The molecular formula is C34H36N3O10S2+. The van der Waals surface area contributed by atoms with E-state index in [4.69, 9.17) is 4.84 Å². The SMILES string of the molecule is Cc1ccc(S(=O)(=O)N(CCCCCC(=O)ON2C(=O)CCC2=O)C(=O)c2c3ccccc3[n+](CCCS(=O)(=O)O)c3ccccc23)cc1. The molecule has 1 aliphatic rings. The van der Waals surface area contributed by atoms with Crippen LogP contribution < -0.4 is 4.57 Å². The first-order valence-electron chi connectivity index (χ1n) is 15.8. The molecule has 3 aromatic carbocycles. The van der Waals surface area contributed by atoms with Crippen LogP contribution in [-0.2, 0) is 45.9 Å². The van der Waals surface area contributed by atoms with Gasteiger partial charge in [-0.05, 0) is 44.0 Å². The molecule has 1 aromatic heterocycles. The van der Waals surface area contributed by atoms with Crippen LogP contribution in [0.2, 0.25) is 0 Å². The van der Waals surface area contributed by atoms with Gasteiger partial charge in [0.15, 0.2) is 6.54 Å². The molecule has 1 fully saturated rings. The fourth-order valence-electron chi connectivity index (χ4n) is 5.79. The first-order chi connectivity index (χ1) is 23.3. The quantitative estimate of drug-likeness (QED) is 0.0665. The predicted octanol–water partition coefficient (Wildman–Crippen LogP) is 3.87. The number of aromatic nitrogens is 1. The van der Waals surface area contributed by atoms with Crippen molar-refractivity contribution in [2.75, 3.05) is 12.3 Å². The van der Waals surface area contributed by atoms with E-state index in [1.165, 1.54) is 12.1 Å². The van der Waals surface area contributed by atoms with Gasteiger partial charge >= 0.3 is 5.97 Å². The summed E-state index contributed by atoms with van der Waals surface area (Å²) in [5, 5.41) is 1.38. The van der Waals surface area contributed by atoms with Crippen LogP contribution >= 0.6 is 0 Å². The Morgan fingerprint density at radius 3 is 1.96 bits per heavy atom. The number of hydrogen-bond donors (Lipinski definition) is 1. The molecule has 1 aliphatic heterocycles. The van der Waals surface area contributed by atoms with Gasteiger partial charge in [0.1, 0.15) is 0 Å². The lowest BCUT2D eigenvalue weighted by Crippen LogP contribution is -2.40. The summed E-state index contributed by atoms with van der Waals surface area (Å²) in [6.07, 6.45) is 0.704. The van der Waals surface area contributed by atoms with Gasteiger partial charge in [-0.15, -0.1) is 5.06 Å². The van der Waals surface area contributed by atoms with Gasteiger partial charge in [0.25, 0.3) is 37.9 Å². The van der Waals surface area contributed by atoms with E-state index in [2.05, 4.69) is 0 Å². The molecule has 0 saturated carbocycles. The van der Waals surface area contributed by atoms with E-state index < -0.39 is 49.6 Å². The van der Waals surface area contributed by atoms with Gasteiger partial charge in [0, 0.05) is 44.4 Å². The third kappa shape index (κ3) is 8.12. The number of fused-ring (bicyclic) bond motifs is 2. The number of hydroxylamine groups is 2. The Morgan fingerprint density at radius 1 is 0.816 bits per heavy atom. The van der Waals surface area contributed by atoms with Gasteiger partial charge in [0.05, 0.1) is 27.0 Å². The topological polar surface area (TPSA) is 176 Å². The molecular weight excluding hydrogens is 675 g/mol. The minimum Gasteiger partial charge on any atom is -0.330 e. The summed E-state index contributed by atoms with van der Waals surface area (Å²) in [7, 11) is -8.57. The van der Waals surface area contributed by atoms with Crippen LogP contribution in [0.1, 0.15) is 60.9 Å². The second-order valence-corrected chi connectivity index (χ2v) is 15.2. The third-order valence-electron chi connectivity index (χ3n) is 8.20. The molecule has 3 amide bonds. The van der Waals surface area contributed by atoms with Gasteiger partial charge in [-0.2, -0.15) is 13.0 Å². The van der Waals surface area contributed by atoms with Gasteiger partial charge in [-0.1, -0.05) is 48.4 Å². The lowest BCUT2D eigenvalue weighted by molar-refractivity contribution is -0.645. The third-order valence-corrected chi connectivity index (χ3v) is 10.8. The zero-order valence-electron chi connectivity index (χ0n) is 26.8. The zero-order chi connectivity index (χ0) is 35.3. The molecule has 13 nitrogen and oxygen atoms in total. The van der Waals surface area contributed by atoms with Crippen molar-refractivity contribution in [2.45, 2.75) is 63.3 Å². The molecule has 1 N–H and O–H groups in total. The van der Waals surface area contributed by atoms with Gasteiger partial charge < -0.3 is 4.84 Å². The second-order valence-electron chi connectivity index (χ2n) is 11.8. The molecule has 0 aliphatic carbocycles. The Labute approximate surface area is 283 Å². The highest BCUT2D eigenvalue weighted by Gasteiger charge is 2.35. The normalized spacial score (nSPS) is 13.7. The molecule has 49 heavy (non-hydrogen) atoms. The number of unbranched alkanes of at least 4 members (excludes halogenated alkanes) is 2. The number of pyridine rings is 1. The first-order valence-corrected chi connectivity index (χ1v) is 18.8. The Hall–Kier alpha value is -4.73. The number of imide groups is 1. The molecule has 15 heteroatoms. The van der Waals surface area contributed by atoms with E-state index in [9.17, 15) is 40.6 Å². The lowest BCUT2D eigenvalue weighted by Gasteiger charge is -2.24. The largest absolute Gasteiger partial charge is 0.333 e. The fourth-order valence-corrected chi connectivity index (χ4v) is 7.70. The first kappa shape index (κ1) is 35.6. The van der Waals surface area contributed by atoms with Crippen LogP contribution in [0.15, 0.2) is 77.7 Å². The highest BCUT2D eigenvalue weighted by Crippen LogP contribution is 2.29. The van der Waals surface area contributed by atoms with Crippen molar-refractivity contribution < 1.29 is 50.0 Å². The number of benzene rings is 3.